The molecule has 2 unspecified atom stereocenters. The average molecular weight is 307 g/mol. The van der Waals surface area contributed by atoms with Crippen molar-refractivity contribution in [2.75, 3.05) is 14.2 Å². The molecule has 0 aliphatic carbocycles. The normalized spacial score (nSPS) is 13.3. The number of methoxy groups -OCH3 is 2. The predicted molar refractivity (Wildman–Crippen MR) is 80.4 cm³/mol. The number of benzene rings is 1. The number of nitrogens with one attached hydrogen (secondary N) is 1. The van der Waals surface area contributed by atoms with Crippen molar-refractivity contribution in [1.29, 1.82) is 0 Å². The van der Waals surface area contributed by atoms with E-state index < -0.39 is 29.8 Å². The maximum atomic E-state index is 12.5. The topological polar surface area (TPSA) is 81.7 Å². The largest absolute Gasteiger partial charge is 0.468 e. The van der Waals surface area contributed by atoms with Crippen molar-refractivity contribution in [3.05, 3.63) is 35.9 Å². The van der Waals surface area contributed by atoms with Gasteiger partial charge in [-0.15, -0.1) is 0 Å². The monoisotopic (exact) mass is 307 g/mol. The molecule has 0 amide bonds. The molecule has 0 saturated heterocycles. The van der Waals surface area contributed by atoms with Crippen LogP contribution in [-0.2, 0) is 19.1 Å². The maximum absolute atomic E-state index is 12.5. The lowest BCUT2D eigenvalue weighted by atomic mass is 9.99. The summed E-state index contributed by atoms with van der Waals surface area (Å²) >= 11 is 0. The van der Waals surface area contributed by atoms with Gasteiger partial charge in [0.1, 0.15) is 6.04 Å². The summed E-state index contributed by atoms with van der Waals surface area (Å²) in [4.78, 5) is 36.2. The van der Waals surface area contributed by atoms with E-state index in [1.165, 1.54) is 14.2 Å². The Labute approximate surface area is 129 Å². The summed E-state index contributed by atoms with van der Waals surface area (Å²) in [6.07, 6.45) is 0. The number of hydrogen-bond donors (Lipinski definition) is 1. The van der Waals surface area contributed by atoms with Gasteiger partial charge in [-0.3, -0.25) is 14.9 Å². The van der Waals surface area contributed by atoms with Gasteiger partial charge in [-0.1, -0.05) is 44.2 Å². The fourth-order valence-electron chi connectivity index (χ4n) is 1.98. The first-order valence-corrected chi connectivity index (χ1v) is 6.93. The van der Waals surface area contributed by atoms with E-state index in [-0.39, 0.29) is 5.92 Å². The maximum Gasteiger partial charge on any atom is 0.331 e. The molecule has 1 N–H and O–H groups in total. The second-order valence-corrected chi connectivity index (χ2v) is 5.10. The Kier molecular flexibility index (Phi) is 6.72. The minimum absolute atomic E-state index is 0.164. The molecule has 6 heteroatoms. The molecule has 120 valence electrons. The first-order valence-electron chi connectivity index (χ1n) is 6.93. The third kappa shape index (κ3) is 4.39. The lowest BCUT2D eigenvalue weighted by Gasteiger charge is -2.24. The van der Waals surface area contributed by atoms with E-state index in [2.05, 4.69) is 10.1 Å². The molecule has 1 aromatic carbocycles. The zero-order valence-electron chi connectivity index (χ0n) is 13.2. The van der Waals surface area contributed by atoms with Crippen LogP contribution >= 0.6 is 0 Å². The average Bonchev–Trinajstić information content (AvgIpc) is 2.54. The minimum atomic E-state index is -1.26. The molecule has 0 bridgehead atoms. The number of ketones is 1. The Hall–Kier alpha value is -2.21. The van der Waals surface area contributed by atoms with Crippen LogP contribution < -0.4 is 5.32 Å². The van der Waals surface area contributed by atoms with E-state index in [4.69, 9.17) is 4.74 Å². The van der Waals surface area contributed by atoms with Gasteiger partial charge in [-0.05, 0) is 5.92 Å². The molecular weight excluding hydrogens is 286 g/mol. The van der Waals surface area contributed by atoms with Gasteiger partial charge in [0.2, 0.25) is 0 Å². The van der Waals surface area contributed by atoms with Crippen LogP contribution in [0.1, 0.15) is 24.2 Å². The fourth-order valence-corrected chi connectivity index (χ4v) is 1.98. The van der Waals surface area contributed by atoms with Crippen LogP contribution in [0, 0.1) is 5.92 Å². The Morgan fingerprint density at radius 3 is 1.95 bits per heavy atom. The lowest BCUT2D eigenvalue weighted by molar-refractivity contribution is -0.146. The van der Waals surface area contributed by atoms with Gasteiger partial charge in [0.05, 0.1) is 14.2 Å². The van der Waals surface area contributed by atoms with Crippen molar-refractivity contribution in [2.45, 2.75) is 25.9 Å². The predicted octanol–water partition coefficient (Wildman–Crippen LogP) is 1.20. The molecule has 0 spiro atoms. The second-order valence-electron chi connectivity index (χ2n) is 5.10. The highest BCUT2D eigenvalue weighted by atomic mass is 16.5. The Balaban J connectivity index is 3.05. The molecule has 1 aromatic rings. The number of carbonyl (C=O) groups excluding carboxylic acids is 3. The zero-order valence-corrected chi connectivity index (χ0v) is 13.2. The van der Waals surface area contributed by atoms with Crippen LogP contribution in [0.3, 0.4) is 0 Å². The highest BCUT2D eigenvalue weighted by Gasteiger charge is 2.34. The van der Waals surface area contributed by atoms with Gasteiger partial charge < -0.3 is 9.47 Å². The van der Waals surface area contributed by atoms with E-state index in [0.29, 0.717) is 5.56 Å². The van der Waals surface area contributed by atoms with Crippen LogP contribution in [0.25, 0.3) is 0 Å². The number of esters is 2. The smallest absolute Gasteiger partial charge is 0.331 e. The highest BCUT2D eigenvalue weighted by molar-refractivity contribution is 6.12. The molecule has 22 heavy (non-hydrogen) atoms. The standard InChI is InChI=1S/C16H21NO5/c1-10(2)12(15(19)21-3)17-13(16(20)22-4)14(18)11-8-6-5-7-9-11/h5-10,12-13,17H,1-4H3. The van der Waals surface area contributed by atoms with Gasteiger partial charge in [0, 0.05) is 5.56 Å². The van der Waals surface area contributed by atoms with E-state index in [0.717, 1.165) is 0 Å². The van der Waals surface area contributed by atoms with Gasteiger partial charge in [-0.2, -0.15) is 0 Å². The van der Waals surface area contributed by atoms with E-state index >= 15 is 0 Å². The third-order valence-corrected chi connectivity index (χ3v) is 3.23. The molecule has 1 rings (SSSR count). The SMILES string of the molecule is COC(=O)C(NC(C(=O)OC)C(C)C)C(=O)c1ccccc1. The van der Waals surface area contributed by atoms with Gasteiger partial charge in [0.15, 0.2) is 11.8 Å². The zero-order chi connectivity index (χ0) is 16.7. The van der Waals surface area contributed by atoms with E-state index in [1.54, 1.807) is 44.2 Å². The van der Waals surface area contributed by atoms with E-state index in [1.807, 2.05) is 0 Å². The Morgan fingerprint density at radius 2 is 1.50 bits per heavy atom. The molecule has 0 aliphatic heterocycles. The second kappa shape index (κ2) is 8.29. The summed E-state index contributed by atoms with van der Waals surface area (Å²) in [5.74, 6) is -1.90. The van der Waals surface area contributed by atoms with Crippen molar-refractivity contribution >= 4 is 17.7 Å². The van der Waals surface area contributed by atoms with Crippen LogP contribution in [0.15, 0.2) is 30.3 Å². The fraction of sp³-hybridized carbons (Fsp3) is 0.438. The Bertz CT molecular complexity index is 527. The summed E-state index contributed by atoms with van der Waals surface area (Å²) in [5.41, 5.74) is 0.359. The summed E-state index contributed by atoms with van der Waals surface area (Å²) in [6.45, 7) is 3.58. The Morgan fingerprint density at radius 1 is 0.955 bits per heavy atom. The summed E-state index contributed by atoms with van der Waals surface area (Å²) in [7, 11) is 2.45. The lowest BCUT2D eigenvalue weighted by Crippen LogP contribution is -2.53. The van der Waals surface area contributed by atoms with Crippen molar-refractivity contribution in [3.8, 4) is 0 Å². The van der Waals surface area contributed by atoms with Crippen LogP contribution in [0.5, 0.6) is 0 Å². The quantitative estimate of drug-likeness (QED) is 0.463. The van der Waals surface area contributed by atoms with Crippen LogP contribution in [0.2, 0.25) is 0 Å². The first-order chi connectivity index (χ1) is 10.4. The van der Waals surface area contributed by atoms with Crippen molar-refractivity contribution in [3.63, 3.8) is 0 Å². The number of rotatable bonds is 7. The molecule has 0 aromatic heterocycles. The molecule has 0 heterocycles. The molecule has 0 radical (unpaired) electrons. The highest BCUT2D eigenvalue weighted by Crippen LogP contribution is 2.10. The number of ether oxygens (including phenoxy) is 2. The molecule has 6 nitrogen and oxygen atoms in total. The van der Waals surface area contributed by atoms with Crippen molar-refractivity contribution < 1.29 is 23.9 Å². The number of carbonyl (C=O) groups is 3. The van der Waals surface area contributed by atoms with Gasteiger partial charge >= 0.3 is 11.9 Å². The summed E-state index contributed by atoms with van der Waals surface area (Å²) < 4.78 is 9.38. The van der Waals surface area contributed by atoms with Crippen LogP contribution in [0.4, 0.5) is 0 Å². The summed E-state index contributed by atoms with van der Waals surface area (Å²) in [6, 6.07) is 6.30. The molecule has 0 aliphatic rings. The minimum Gasteiger partial charge on any atom is -0.468 e. The first kappa shape index (κ1) is 17.8. The summed E-state index contributed by atoms with van der Waals surface area (Å²) in [5, 5.41) is 2.75. The van der Waals surface area contributed by atoms with Crippen molar-refractivity contribution in [2.24, 2.45) is 5.92 Å². The molecule has 0 fully saturated rings. The van der Waals surface area contributed by atoms with Gasteiger partial charge in [0.25, 0.3) is 0 Å². The van der Waals surface area contributed by atoms with Crippen molar-refractivity contribution in [1.82, 2.24) is 5.32 Å². The number of Topliss-reactive ketones (excluding diaryl/α,β-unsaturated/α-hetero) is 1. The van der Waals surface area contributed by atoms with Crippen LogP contribution in [-0.4, -0.2) is 44.0 Å². The van der Waals surface area contributed by atoms with Gasteiger partial charge in [-0.25, -0.2) is 4.79 Å². The molecule has 2 atom stereocenters. The van der Waals surface area contributed by atoms with E-state index in [9.17, 15) is 14.4 Å². The number of hydrogen-bond acceptors (Lipinski definition) is 6. The molecular formula is C16H21NO5. The third-order valence-electron chi connectivity index (χ3n) is 3.23. The molecule has 0 saturated carbocycles.